The molecular weight excluding hydrogens is 265 g/mol. The molecule has 7 heteroatoms. The van der Waals surface area contributed by atoms with Crippen LogP contribution in [0.2, 0.25) is 10.3 Å². The fourth-order valence-electron chi connectivity index (χ4n) is 1.38. The molecule has 0 aromatic carbocycles. The molecule has 0 saturated carbocycles. The topological polar surface area (TPSA) is 67.5 Å². The summed E-state index contributed by atoms with van der Waals surface area (Å²) in [6.45, 7) is 3.06. The summed E-state index contributed by atoms with van der Waals surface area (Å²) in [5.41, 5.74) is -0.456. The van der Waals surface area contributed by atoms with Crippen LogP contribution >= 0.6 is 23.2 Å². The van der Waals surface area contributed by atoms with E-state index in [1.165, 1.54) is 18.4 Å². The van der Waals surface area contributed by atoms with Gasteiger partial charge in [-0.3, -0.25) is 4.79 Å². The summed E-state index contributed by atoms with van der Waals surface area (Å²) in [5, 5.41) is 13.5. The van der Waals surface area contributed by atoms with Gasteiger partial charge in [-0.25, -0.2) is 9.50 Å². The zero-order valence-electron chi connectivity index (χ0n) is 9.11. The molecule has 0 unspecified atom stereocenters. The Morgan fingerprint density at radius 2 is 2.06 bits per heavy atom. The molecule has 0 aliphatic carbocycles. The predicted molar refractivity (Wildman–Crippen MR) is 63.7 cm³/mol. The number of aromatic nitrogens is 3. The smallest absolute Gasteiger partial charge is 0.315 e. The van der Waals surface area contributed by atoms with Gasteiger partial charge in [0.25, 0.3) is 0 Å². The lowest BCUT2D eigenvalue weighted by molar-refractivity contribution is -0.142. The van der Waals surface area contributed by atoms with Gasteiger partial charge in [0.15, 0.2) is 10.8 Å². The first-order chi connectivity index (χ1) is 7.84. The molecular formula is C10H9Cl2N3O2. The second kappa shape index (κ2) is 3.85. The van der Waals surface area contributed by atoms with E-state index in [1.54, 1.807) is 12.1 Å². The van der Waals surface area contributed by atoms with E-state index in [9.17, 15) is 4.79 Å². The summed E-state index contributed by atoms with van der Waals surface area (Å²) < 4.78 is 1.32. The molecule has 0 atom stereocenters. The van der Waals surface area contributed by atoms with Gasteiger partial charge in [0, 0.05) is 0 Å². The number of carbonyl (C=O) groups is 1. The Morgan fingerprint density at radius 1 is 1.41 bits per heavy atom. The van der Waals surface area contributed by atoms with Crippen molar-refractivity contribution in [3.05, 3.63) is 28.1 Å². The Kier molecular flexibility index (Phi) is 2.75. The van der Waals surface area contributed by atoms with Crippen LogP contribution in [0, 0.1) is 0 Å². The number of carboxylic acid groups (broad SMARTS) is 1. The van der Waals surface area contributed by atoms with Crippen LogP contribution in [-0.4, -0.2) is 25.7 Å². The monoisotopic (exact) mass is 273 g/mol. The number of aliphatic carboxylic acids is 1. The van der Waals surface area contributed by atoms with Crippen LogP contribution in [0.4, 0.5) is 0 Å². The van der Waals surface area contributed by atoms with Gasteiger partial charge in [0.2, 0.25) is 0 Å². The summed E-state index contributed by atoms with van der Waals surface area (Å²) in [7, 11) is 0. The van der Waals surface area contributed by atoms with Crippen molar-refractivity contribution in [3.8, 4) is 0 Å². The molecule has 1 N–H and O–H groups in total. The Morgan fingerprint density at radius 3 is 2.65 bits per heavy atom. The molecule has 0 bridgehead atoms. The van der Waals surface area contributed by atoms with Gasteiger partial charge in [0.05, 0.1) is 5.69 Å². The molecule has 2 heterocycles. The minimum atomic E-state index is -1.18. The average Bonchev–Trinajstić information content (AvgIpc) is 2.56. The standard InChI is InChI=1S/C10H9Cl2N3O2/c1-10(2,9(16)17)7-8(12)15-6(13-7)4-3-5(11)14-15/h3-4H,1-2H3,(H,16,17). The minimum absolute atomic E-state index is 0.162. The summed E-state index contributed by atoms with van der Waals surface area (Å²) in [6.07, 6.45) is 0. The van der Waals surface area contributed by atoms with E-state index in [0.717, 1.165) is 0 Å². The van der Waals surface area contributed by atoms with Crippen LogP contribution in [0.15, 0.2) is 12.1 Å². The third-order valence-corrected chi connectivity index (χ3v) is 3.06. The molecule has 2 rings (SSSR count). The molecule has 2 aromatic heterocycles. The Balaban J connectivity index is 2.72. The zero-order chi connectivity index (χ0) is 12.8. The number of nitrogens with zero attached hydrogens (tertiary/aromatic N) is 3. The van der Waals surface area contributed by atoms with Crippen molar-refractivity contribution in [3.63, 3.8) is 0 Å². The third kappa shape index (κ3) is 1.85. The van der Waals surface area contributed by atoms with E-state index in [2.05, 4.69) is 10.1 Å². The highest BCUT2D eigenvalue weighted by Gasteiger charge is 2.35. The maximum absolute atomic E-state index is 11.2. The SMILES string of the molecule is CC(C)(C(=O)O)c1nc2ccc(Cl)nn2c1Cl. The van der Waals surface area contributed by atoms with Crippen molar-refractivity contribution in [1.82, 2.24) is 14.6 Å². The molecule has 5 nitrogen and oxygen atoms in total. The summed E-state index contributed by atoms with van der Waals surface area (Å²) in [5.74, 6) is -1.01. The lowest BCUT2D eigenvalue weighted by atomic mass is 9.90. The van der Waals surface area contributed by atoms with Gasteiger partial charge in [0.1, 0.15) is 10.6 Å². The van der Waals surface area contributed by atoms with Crippen LogP contribution in [0.5, 0.6) is 0 Å². The third-order valence-electron chi connectivity index (χ3n) is 2.52. The fourth-order valence-corrected chi connectivity index (χ4v) is 1.92. The molecule has 0 saturated heterocycles. The second-order valence-electron chi connectivity index (χ2n) is 4.11. The Bertz CT molecular complexity index is 607. The van der Waals surface area contributed by atoms with Gasteiger partial charge in [-0.05, 0) is 26.0 Å². The van der Waals surface area contributed by atoms with Crippen LogP contribution in [0.25, 0.3) is 5.65 Å². The normalized spacial score (nSPS) is 12.0. The first kappa shape index (κ1) is 12.1. The van der Waals surface area contributed by atoms with Gasteiger partial charge >= 0.3 is 5.97 Å². The number of halogens is 2. The number of hydrogen-bond acceptors (Lipinski definition) is 3. The highest BCUT2D eigenvalue weighted by molar-refractivity contribution is 6.31. The molecule has 0 aliphatic heterocycles. The number of rotatable bonds is 2. The van der Waals surface area contributed by atoms with Crippen LogP contribution < -0.4 is 0 Å². The van der Waals surface area contributed by atoms with Gasteiger partial charge in [-0.2, -0.15) is 5.10 Å². The molecule has 0 fully saturated rings. The van der Waals surface area contributed by atoms with E-state index in [-0.39, 0.29) is 16.0 Å². The number of imidazole rings is 1. The quantitative estimate of drug-likeness (QED) is 0.913. The first-order valence-electron chi connectivity index (χ1n) is 4.78. The average molecular weight is 274 g/mol. The van der Waals surface area contributed by atoms with Crippen LogP contribution in [0.3, 0.4) is 0 Å². The second-order valence-corrected chi connectivity index (χ2v) is 4.85. The number of carboxylic acids is 1. The molecule has 90 valence electrons. The van der Waals surface area contributed by atoms with E-state index < -0.39 is 11.4 Å². The highest BCUT2D eigenvalue weighted by Crippen LogP contribution is 2.30. The zero-order valence-corrected chi connectivity index (χ0v) is 10.6. The van der Waals surface area contributed by atoms with Crippen LogP contribution in [0.1, 0.15) is 19.5 Å². The van der Waals surface area contributed by atoms with E-state index >= 15 is 0 Å². The molecule has 0 aliphatic rings. The molecule has 0 spiro atoms. The summed E-state index contributed by atoms with van der Waals surface area (Å²) >= 11 is 11.8. The summed E-state index contributed by atoms with van der Waals surface area (Å²) in [6, 6.07) is 3.19. The lowest BCUT2D eigenvalue weighted by Gasteiger charge is -2.16. The molecule has 0 amide bonds. The molecule has 17 heavy (non-hydrogen) atoms. The van der Waals surface area contributed by atoms with Crippen molar-refractivity contribution in [2.45, 2.75) is 19.3 Å². The van der Waals surface area contributed by atoms with Crippen molar-refractivity contribution >= 4 is 34.8 Å². The predicted octanol–water partition coefficient (Wildman–Crippen LogP) is 2.40. The Labute approximate surface area is 107 Å². The first-order valence-corrected chi connectivity index (χ1v) is 5.54. The maximum atomic E-state index is 11.2. The van der Waals surface area contributed by atoms with Crippen molar-refractivity contribution < 1.29 is 9.90 Å². The molecule has 2 aromatic rings. The number of hydrogen-bond donors (Lipinski definition) is 1. The van der Waals surface area contributed by atoms with E-state index in [0.29, 0.717) is 5.65 Å². The fraction of sp³-hybridized carbons (Fsp3) is 0.300. The lowest BCUT2D eigenvalue weighted by Crippen LogP contribution is -2.29. The highest BCUT2D eigenvalue weighted by atomic mass is 35.5. The van der Waals surface area contributed by atoms with E-state index in [4.69, 9.17) is 28.3 Å². The summed E-state index contributed by atoms with van der Waals surface area (Å²) in [4.78, 5) is 15.3. The van der Waals surface area contributed by atoms with Gasteiger partial charge < -0.3 is 5.11 Å². The maximum Gasteiger partial charge on any atom is 0.315 e. The van der Waals surface area contributed by atoms with Gasteiger partial charge in [-0.1, -0.05) is 23.2 Å². The van der Waals surface area contributed by atoms with Crippen molar-refractivity contribution in [2.24, 2.45) is 0 Å². The Hall–Kier alpha value is -1.33. The molecule has 0 radical (unpaired) electrons. The largest absolute Gasteiger partial charge is 0.481 e. The van der Waals surface area contributed by atoms with E-state index in [1.807, 2.05) is 0 Å². The number of fused-ring (bicyclic) bond motifs is 1. The van der Waals surface area contributed by atoms with Gasteiger partial charge in [-0.15, -0.1) is 0 Å². The van der Waals surface area contributed by atoms with Crippen molar-refractivity contribution in [1.29, 1.82) is 0 Å². The van der Waals surface area contributed by atoms with Crippen LogP contribution in [-0.2, 0) is 10.2 Å². The minimum Gasteiger partial charge on any atom is -0.481 e. The van der Waals surface area contributed by atoms with Crippen molar-refractivity contribution in [2.75, 3.05) is 0 Å².